The molecule has 0 radical (unpaired) electrons. The van der Waals surface area contributed by atoms with Crippen LogP contribution >= 0.6 is 0 Å². The molecular weight excluding hydrogens is 538 g/mol. The maximum atomic E-state index is 13.3. The van der Waals surface area contributed by atoms with Crippen LogP contribution in [0.25, 0.3) is 0 Å². The molecule has 1 saturated heterocycles. The Hall–Kier alpha value is -3.48. The van der Waals surface area contributed by atoms with Gasteiger partial charge in [-0.15, -0.1) is 0 Å². The number of rotatable bonds is 16. The van der Waals surface area contributed by atoms with E-state index in [-0.39, 0.29) is 0 Å². The first kappa shape index (κ1) is 33.7. The number of H-pyrrole nitrogens is 1. The van der Waals surface area contributed by atoms with Crippen LogP contribution in [0.15, 0.2) is 21.9 Å². The monoisotopic (exact) mass is 581 g/mol. The quantitative estimate of drug-likeness (QED) is 0.168. The van der Waals surface area contributed by atoms with E-state index in [1.807, 2.05) is 0 Å². The second-order valence-electron chi connectivity index (χ2n) is 10.2. The first-order chi connectivity index (χ1) is 19.5. The van der Waals surface area contributed by atoms with Gasteiger partial charge in [0.15, 0.2) is 30.6 Å². The summed E-state index contributed by atoms with van der Waals surface area (Å²) in [5, 5.41) is 2.76. The van der Waals surface area contributed by atoms with Gasteiger partial charge in [0.05, 0.1) is 0 Å². The third-order valence-electron chi connectivity index (χ3n) is 6.63. The first-order valence-electron chi connectivity index (χ1n) is 14.3. The van der Waals surface area contributed by atoms with E-state index in [2.05, 4.69) is 17.2 Å². The molecule has 0 unspecified atom stereocenters. The molecule has 1 aliphatic rings. The lowest BCUT2D eigenvalue weighted by molar-refractivity contribution is -0.259. The number of hydrogen-bond donors (Lipinski definition) is 2. The summed E-state index contributed by atoms with van der Waals surface area (Å²) >= 11 is 0. The van der Waals surface area contributed by atoms with Crippen molar-refractivity contribution in [2.75, 3.05) is 6.54 Å². The van der Waals surface area contributed by atoms with Crippen LogP contribution in [-0.4, -0.2) is 64.3 Å². The van der Waals surface area contributed by atoms with Crippen molar-refractivity contribution in [1.29, 1.82) is 0 Å². The average Bonchev–Trinajstić information content (AvgIpc) is 2.88. The predicted molar refractivity (Wildman–Crippen MR) is 147 cm³/mol. The average molecular weight is 582 g/mol. The Labute approximate surface area is 239 Å². The third-order valence-corrected chi connectivity index (χ3v) is 6.63. The number of aromatic nitrogens is 2. The van der Waals surface area contributed by atoms with Crippen molar-refractivity contribution >= 4 is 23.8 Å². The minimum absolute atomic E-state index is 0.316. The molecule has 1 fully saturated rings. The van der Waals surface area contributed by atoms with Crippen molar-refractivity contribution in [1.82, 2.24) is 14.9 Å². The molecule has 0 aliphatic carbocycles. The number of unbranched alkanes of at least 4 members (excludes halogenated alkanes) is 9. The summed E-state index contributed by atoms with van der Waals surface area (Å²) in [6.45, 7) is 5.79. The van der Waals surface area contributed by atoms with Gasteiger partial charge in [-0.05, 0) is 6.42 Å². The molecule has 0 spiro atoms. The van der Waals surface area contributed by atoms with Gasteiger partial charge in [0.1, 0.15) is 0 Å². The Balaban J connectivity index is 2.18. The number of esters is 3. The van der Waals surface area contributed by atoms with E-state index in [1.165, 1.54) is 38.5 Å². The molecule has 0 saturated carbocycles. The summed E-state index contributed by atoms with van der Waals surface area (Å²) in [7, 11) is 0. The van der Waals surface area contributed by atoms with Gasteiger partial charge in [-0.2, -0.15) is 0 Å². The lowest BCUT2D eigenvalue weighted by Crippen LogP contribution is -2.63. The normalized spacial score (nSPS) is 22.0. The Morgan fingerprint density at radius 3 is 1.85 bits per heavy atom. The highest BCUT2D eigenvalue weighted by atomic mass is 16.7. The number of aromatic amines is 1. The van der Waals surface area contributed by atoms with Crippen LogP contribution in [0.3, 0.4) is 0 Å². The van der Waals surface area contributed by atoms with Gasteiger partial charge in [-0.3, -0.25) is 33.5 Å². The van der Waals surface area contributed by atoms with Crippen molar-refractivity contribution in [3.05, 3.63) is 33.1 Å². The third kappa shape index (κ3) is 11.1. The molecule has 2 heterocycles. The molecule has 13 nitrogen and oxygen atoms in total. The summed E-state index contributed by atoms with van der Waals surface area (Å²) in [5.74, 6) is -3.11. The van der Waals surface area contributed by atoms with Gasteiger partial charge in [0.2, 0.25) is 0 Å². The second-order valence-corrected chi connectivity index (χ2v) is 10.2. The van der Waals surface area contributed by atoms with Crippen LogP contribution in [0.4, 0.5) is 0 Å². The van der Waals surface area contributed by atoms with Gasteiger partial charge >= 0.3 is 23.6 Å². The molecular formula is C28H43N3O10. The lowest BCUT2D eigenvalue weighted by Gasteiger charge is -2.44. The molecule has 2 N–H and O–H groups in total. The van der Waals surface area contributed by atoms with Gasteiger partial charge in [0, 0.05) is 39.6 Å². The molecule has 5 atom stereocenters. The molecule has 0 bridgehead atoms. The van der Waals surface area contributed by atoms with Crippen molar-refractivity contribution in [3.8, 4) is 0 Å². The van der Waals surface area contributed by atoms with Gasteiger partial charge < -0.3 is 24.3 Å². The molecule has 2 rings (SSSR count). The number of amides is 1. The summed E-state index contributed by atoms with van der Waals surface area (Å²) < 4.78 is 22.9. The zero-order chi connectivity index (χ0) is 30.4. The van der Waals surface area contributed by atoms with Crippen molar-refractivity contribution in [3.63, 3.8) is 0 Å². The Morgan fingerprint density at radius 2 is 1.32 bits per heavy atom. The van der Waals surface area contributed by atoms with E-state index in [9.17, 15) is 28.8 Å². The smallest absolute Gasteiger partial charge is 0.330 e. The summed E-state index contributed by atoms with van der Waals surface area (Å²) in [4.78, 5) is 75.6. The van der Waals surface area contributed by atoms with E-state index in [0.717, 1.165) is 56.9 Å². The van der Waals surface area contributed by atoms with Crippen LogP contribution in [-0.2, 0) is 38.1 Å². The Morgan fingerprint density at radius 1 is 0.805 bits per heavy atom. The maximum Gasteiger partial charge on any atom is 0.330 e. The summed E-state index contributed by atoms with van der Waals surface area (Å²) in [6, 6.07) is 1.04. The standard InChI is InChI=1S/C28H43N3O10/c1-5-6-7-8-9-10-11-12-13-14-16-29-26(36)24-22(38-18(2)32)23(39-19(3)33)25(40-20(4)34)27(41-24)31-17-15-21(35)30-28(31)37/h15,17,22-25,27H,5-14,16H2,1-4H3,(H,29,36)(H,30,35,37)/t22-,23-,24-,25+,27+/m0/s1. The summed E-state index contributed by atoms with van der Waals surface area (Å²) in [5.41, 5.74) is -1.61. The molecule has 1 aliphatic heterocycles. The van der Waals surface area contributed by atoms with E-state index < -0.39 is 65.7 Å². The van der Waals surface area contributed by atoms with Crippen LogP contribution in [0, 0.1) is 0 Å². The molecule has 0 aromatic carbocycles. The number of hydrogen-bond acceptors (Lipinski definition) is 10. The topological polar surface area (TPSA) is 172 Å². The molecule has 41 heavy (non-hydrogen) atoms. The molecule has 230 valence electrons. The molecule has 1 amide bonds. The minimum Gasteiger partial charge on any atom is -0.455 e. The molecule has 1 aromatic rings. The fourth-order valence-electron chi connectivity index (χ4n) is 4.78. The number of nitrogens with one attached hydrogen (secondary N) is 2. The number of carbonyl (C=O) groups is 4. The maximum absolute atomic E-state index is 13.3. The van der Waals surface area contributed by atoms with Gasteiger partial charge in [-0.25, -0.2) is 4.79 Å². The zero-order valence-electron chi connectivity index (χ0n) is 24.3. The SMILES string of the molecule is CCCCCCCCCCCCNC(=O)[C@H]1O[C@@H](n2ccc(=O)[nH]c2=O)[C@H](OC(C)=O)[C@@H](OC(C)=O)[C@@H]1OC(C)=O. The van der Waals surface area contributed by atoms with Crippen molar-refractivity contribution in [2.45, 2.75) is 123 Å². The highest BCUT2D eigenvalue weighted by Crippen LogP contribution is 2.34. The van der Waals surface area contributed by atoms with E-state index in [0.29, 0.717) is 13.0 Å². The van der Waals surface area contributed by atoms with Crippen LogP contribution < -0.4 is 16.6 Å². The molecule has 13 heteroatoms. The van der Waals surface area contributed by atoms with Gasteiger partial charge in [0.25, 0.3) is 11.5 Å². The first-order valence-corrected chi connectivity index (χ1v) is 14.3. The van der Waals surface area contributed by atoms with E-state index in [1.54, 1.807) is 0 Å². The minimum atomic E-state index is -1.54. The molecule has 1 aromatic heterocycles. The Kier molecular flexibility index (Phi) is 14.3. The predicted octanol–water partition coefficient (Wildman–Crippen LogP) is 2.27. The fraction of sp³-hybridized carbons (Fsp3) is 0.714. The largest absolute Gasteiger partial charge is 0.455 e. The van der Waals surface area contributed by atoms with Gasteiger partial charge in [-0.1, -0.05) is 64.7 Å². The number of ether oxygens (including phenoxy) is 4. The van der Waals surface area contributed by atoms with Crippen LogP contribution in [0.2, 0.25) is 0 Å². The van der Waals surface area contributed by atoms with Crippen LogP contribution in [0.5, 0.6) is 0 Å². The van der Waals surface area contributed by atoms with Crippen molar-refractivity contribution in [2.24, 2.45) is 0 Å². The Bertz CT molecular complexity index is 1130. The van der Waals surface area contributed by atoms with Crippen LogP contribution in [0.1, 0.15) is 98.1 Å². The second kappa shape index (κ2) is 17.4. The fourth-order valence-corrected chi connectivity index (χ4v) is 4.78. The van der Waals surface area contributed by atoms with E-state index in [4.69, 9.17) is 18.9 Å². The van der Waals surface area contributed by atoms with Crippen molar-refractivity contribution < 1.29 is 38.1 Å². The highest BCUT2D eigenvalue weighted by Gasteiger charge is 2.55. The lowest BCUT2D eigenvalue weighted by atomic mass is 9.96. The number of carbonyl (C=O) groups excluding carboxylic acids is 4. The zero-order valence-corrected chi connectivity index (χ0v) is 24.3. The number of nitrogens with zero attached hydrogens (tertiary/aromatic N) is 1. The van der Waals surface area contributed by atoms with E-state index >= 15 is 0 Å². The summed E-state index contributed by atoms with van der Waals surface area (Å²) in [6.07, 6.45) is 4.76. The highest BCUT2D eigenvalue weighted by molar-refractivity contribution is 5.82.